The van der Waals surface area contributed by atoms with Crippen molar-refractivity contribution >= 4 is 22.4 Å². The molecule has 1 aromatic carbocycles. The highest BCUT2D eigenvalue weighted by molar-refractivity contribution is 7.15. The second-order valence-electron chi connectivity index (χ2n) is 4.98. The maximum atomic E-state index is 12.3. The highest BCUT2D eigenvalue weighted by atomic mass is 32.1. The largest absolute Gasteiger partial charge is 0.494 e. The van der Waals surface area contributed by atoms with E-state index in [2.05, 4.69) is 20.6 Å². The lowest BCUT2D eigenvalue weighted by molar-refractivity contribution is 0.101. The van der Waals surface area contributed by atoms with E-state index in [0.29, 0.717) is 22.4 Å². The first-order valence-electron chi connectivity index (χ1n) is 7.51. The minimum Gasteiger partial charge on any atom is -0.494 e. The number of carbonyl (C=O) groups excluding carboxylic acids is 1. The molecular formula is C16H15N5O3S. The van der Waals surface area contributed by atoms with Crippen LogP contribution in [0.15, 0.2) is 41.3 Å². The van der Waals surface area contributed by atoms with Gasteiger partial charge in [0.25, 0.3) is 5.91 Å². The van der Waals surface area contributed by atoms with Gasteiger partial charge in [-0.1, -0.05) is 11.3 Å². The normalized spacial score (nSPS) is 10.5. The Balaban J connectivity index is 1.87. The van der Waals surface area contributed by atoms with Crippen molar-refractivity contribution in [2.75, 3.05) is 11.9 Å². The van der Waals surface area contributed by atoms with E-state index in [1.165, 1.54) is 28.3 Å². The molecule has 0 fully saturated rings. The summed E-state index contributed by atoms with van der Waals surface area (Å²) in [5.41, 5.74) is 0.00873. The summed E-state index contributed by atoms with van der Waals surface area (Å²) in [6.45, 7) is 4.25. The van der Waals surface area contributed by atoms with Crippen molar-refractivity contribution in [2.45, 2.75) is 13.8 Å². The topological polar surface area (TPSA) is 99.0 Å². The van der Waals surface area contributed by atoms with Crippen LogP contribution in [-0.2, 0) is 0 Å². The lowest BCUT2D eigenvalue weighted by Gasteiger charge is -2.08. The molecule has 1 amide bonds. The number of hydrogen-bond donors (Lipinski definition) is 1. The van der Waals surface area contributed by atoms with Crippen molar-refractivity contribution in [2.24, 2.45) is 0 Å². The fourth-order valence-corrected chi connectivity index (χ4v) is 2.66. The van der Waals surface area contributed by atoms with E-state index in [0.717, 1.165) is 5.75 Å². The van der Waals surface area contributed by atoms with Crippen molar-refractivity contribution in [3.05, 3.63) is 57.5 Å². The summed E-state index contributed by atoms with van der Waals surface area (Å²) >= 11 is 1.22. The molecule has 0 aliphatic rings. The van der Waals surface area contributed by atoms with E-state index in [1.807, 2.05) is 6.92 Å². The predicted molar refractivity (Wildman–Crippen MR) is 93.6 cm³/mol. The van der Waals surface area contributed by atoms with Crippen LogP contribution < -0.4 is 15.5 Å². The number of anilines is 1. The summed E-state index contributed by atoms with van der Waals surface area (Å²) < 4.78 is 6.85. The van der Waals surface area contributed by atoms with E-state index in [4.69, 9.17) is 4.74 Å². The van der Waals surface area contributed by atoms with Gasteiger partial charge in [-0.25, -0.2) is 4.68 Å². The Hall–Kier alpha value is -3.07. The van der Waals surface area contributed by atoms with Crippen LogP contribution in [0.25, 0.3) is 5.69 Å². The van der Waals surface area contributed by atoms with Gasteiger partial charge in [-0.3, -0.25) is 14.9 Å². The molecular weight excluding hydrogens is 342 g/mol. The quantitative estimate of drug-likeness (QED) is 0.750. The molecule has 0 saturated heterocycles. The molecule has 3 aromatic rings. The van der Waals surface area contributed by atoms with E-state index in [9.17, 15) is 9.59 Å². The molecule has 0 unspecified atom stereocenters. The monoisotopic (exact) mass is 357 g/mol. The third-order valence-electron chi connectivity index (χ3n) is 3.18. The first-order chi connectivity index (χ1) is 12.1. The number of rotatable bonds is 5. The van der Waals surface area contributed by atoms with Crippen molar-refractivity contribution in [1.29, 1.82) is 0 Å². The molecule has 25 heavy (non-hydrogen) atoms. The number of aryl methyl sites for hydroxylation is 1. The standard InChI is InChI=1S/C16H15N5O3S/c1-3-24-12-6-4-11(5-7-12)21-9-8-13(22)14(20-21)15(23)17-16-19-18-10(2)25-16/h4-9H,3H2,1-2H3,(H,17,19,23). The van der Waals surface area contributed by atoms with Gasteiger partial charge in [0.05, 0.1) is 12.3 Å². The number of benzene rings is 1. The molecule has 0 saturated carbocycles. The molecule has 2 heterocycles. The van der Waals surface area contributed by atoms with Gasteiger partial charge in [-0.15, -0.1) is 10.2 Å². The zero-order chi connectivity index (χ0) is 17.8. The van der Waals surface area contributed by atoms with Crippen molar-refractivity contribution < 1.29 is 9.53 Å². The Morgan fingerprint density at radius 1 is 1.24 bits per heavy atom. The minimum absolute atomic E-state index is 0.218. The number of amides is 1. The molecule has 8 nitrogen and oxygen atoms in total. The first kappa shape index (κ1) is 16.8. The highest BCUT2D eigenvalue weighted by Crippen LogP contribution is 2.15. The van der Waals surface area contributed by atoms with E-state index in [-0.39, 0.29) is 5.69 Å². The van der Waals surface area contributed by atoms with Gasteiger partial charge in [0.1, 0.15) is 10.8 Å². The Kier molecular flexibility index (Phi) is 4.85. The molecule has 0 aliphatic heterocycles. The van der Waals surface area contributed by atoms with E-state index in [1.54, 1.807) is 31.2 Å². The summed E-state index contributed by atoms with van der Waals surface area (Å²) in [6.07, 6.45) is 1.50. The summed E-state index contributed by atoms with van der Waals surface area (Å²) in [4.78, 5) is 24.3. The molecule has 0 atom stereocenters. The number of nitrogens with zero attached hydrogens (tertiary/aromatic N) is 4. The summed E-state index contributed by atoms with van der Waals surface area (Å²) in [6, 6.07) is 8.46. The van der Waals surface area contributed by atoms with Crippen LogP contribution in [0.5, 0.6) is 5.75 Å². The number of carbonyl (C=O) groups is 1. The molecule has 1 N–H and O–H groups in total. The second kappa shape index (κ2) is 7.22. The average molecular weight is 357 g/mol. The summed E-state index contributed by atoms with van der Waals surface area (Å²) in [5, 5.41) is 15.3. The molecule has 0 bridgehead atoms. The predicted octanol–water partition coefficient (Wildman–Crippen LogP) is 2.04. The summed E-state index contributed by atoms with van der Waals surface area (Å²) in [5.74, 6) is 0.110. The van der Waals surface area contributed by atoms with Gasteiger partial charge in [0.2, 0.25) is 10.6 Å². The first-order valence-corrected chi connectivity index (χ1v) is 8.33. The molecule has 2 aromatic heterocycles. The Bertz CT molecular complexity index is 949. The average Bonchev–Trinajstić information content (AvgIpc) is 3.01. The minimum atomic E-state index is -0.624. The third kappa shape index (κ3) is 3.89. The van der Waals surface area contributed by atoms with Gasteiger partial charge in [-0.05, 0) is 38.1 Å². The number of ether oxygens (including phenoxy) is 1. The Morgan fingerprint density at radius 2 is 2.00 bits per heavy atom. The maximum Gasteiger partial charge on any atom is 0.282 e. The van der Waals surface area contributed by atoms with E-state index >= 15 is 0 Å². The van der Waals surface area contributed by atoms with Gasteiger partial charge in [0, 0.05) is 12.3 Å². The molecule has 9 heteroatoms. The van der Waals surface area contributed by atoms with Gasteiger partial charge in [0.15, 0.2) is 5.69 Å². The van der Waals surface area contributed by atoms with Crippen molar-refractivity contribution in [1.82, 2.24) is 20.0 Å². The van der Waals surface area contributed by atoms with Gasteiger partial charge < -0.3 is 4.74 Å². The van der Waals surface area contributed by atoms with E-state index < -0.39 is 11.3 Å². The third-order valence-corrected chi connectivity index (χ3v) is 3.94. The van der Waals surface area contributed by atoms with Crippen LogP contribution in [0.2, 0.25) is 0 Å². The van der Waals surface area contributed by atoms with Crippen LogP contribution in [0.4, 0.5) is 5.13 Å². The van der Waals surface area contributed by atoms with Crippen molar-refractivity contribution in [3.8, 4) is 11.4 Å². The summed E-state index contributed by atoms with van der Waals surface area (Å²) in [7, 11) is 0. The highest BCUT2D eigenvalue weighted by Gasteiger charge is 2.15. The van der Waals surface area contributed by atoms with Crippen LogP contribution in [0.3, 0.4) is 0 Å². The zero-order valence-electron chi connectivity index (χ0n) is 13.6. The lowest BCUT2D eigenvalue weighted by atomic mass is 10.3. The zero-order valence-corrected chi connectivity index (χ0v) is 14.4. The SMILES string of the molecule is CCOc1ccc(-n2ccc(=O)c(C(=O)Nc3nnc(C)s3)n2)cc1. The maximum absolute atomic E-state index is 12.3. The number of aromatic nitrogens is 4. The van der Waals surface area contributed by atoms with Gasteiger partial charge >= 0.3 is 0 Å². The molecule has 0 aliphatic carbocycles. The number of nitrogens with one attached hydrogen (secondary N) is 1. The molecule has 0 spiro atoms. The second-order valence-corrected chi connectivity index (χ2v) is 6.16. The van der Waals surface area contributed by atoms with Crippen molar-refractivity contribution in [3.63, 3.8) is 0 Å². The number of hydrogen-bond acceptors (Lipinski definition) is 7. The van der Waals surface area contributed by atoms with Crippen LogP contribution in [0, 0.1) is 6.92 Å². The molecule has 3 rings (SSSR count). The Morgan fingerprint density at radius 3 is 2.64 bits per heavy atom. The molecule has 128 valence electrons. The molecule has 0 radical (unpaired) electrons. The lowest BCUT2D eigenvalue weighted by Crippen LogP contribution is -2.25. The van der Waals surface area contributed by atoms with Crippen LogP contribution in [0.1, 0.15) is 22.4 Å². The van der Waals surface area contributed by atoms with Crippen LogP contribution in [-0.4, -0.2) is 32.5 Å². The fourth-order valence-electron chi connectivity index (χ4n) is 2.07. The Labute approximate surface area is 147 Å². The fraction of sp³-hybridized carbons (Fsp3) is 0.188. The smallest absolute Gasteiger partial charge is 0.282 e. The van der Waals surface area contributed by atoms with Crippen LogP contribution >= 0.6 is 11.3 Å². The van der Waals surface area contributed by atoms with Gasteiger partial charge in [-0.2, -0.15) is 5.10 Å².